The summed E-state index contributed by atoms with van der Waals surface area (Å²) in [5, 5.41) is 11.1. The maximum absolute atomic E-state index is 13.2. The van der Waals surface area contributed by atoms with Crippen LogP contribution in [0, 0.1) is 18.2 Å². The number of rotatable bonds is 7. The summed E-state index contributed by atoms with van der Waals surface area (Å²) in [7, 11) is 0. The number of nitrogens with one attached hydrogen (secondary N) is 1. The van der Waals surface area contributed by atoms with Crippen LogP contribution in [0.2, 0.25) is 0 Å². The molecule has 0 radical (unpaired) electrons. The molecule has 5 nitrogen and oxygen atoms in total. The molecule has 106 valence electrons. The predicted octanol–water partition coefficient (Wildman–Crippen LogP) is 1.19. The zero-order valence-corrected chi connectivity index (χ0v) is 10.6. The topological polar surface area (TPSA) is 75.6 Å². The average molecular weight is 279 g/mol. The Balaban J connectivity index is 2.39. The molecule has 1 unspecified atom stereocenters. The summed E-state index contributed by atoms with van der Waals surface area (Å²) >= 11 is 0. The van der Waals surface area contributed by atoms with Crippen LogP contribution in [0.25, 0.3) is 0 Å². The molecule has 0 heterocycles. The zero-order chi connectivity index (χ0) is 15.0. The molecule has 20 heavy (non-hydrogen) atoms. The van der Waals surface area contributed by atoms with Crippen molar-refractivity contribution in [3.63, 3.8) is 0 Å². The van der Waals surface area contributed by atoms with Crippen molar-refractivity contribution in [2.24, 2.45) is 0 Å². The van der Waals surface area contributed by atoms with Crippen LogP contribution in [-0.4, -0.2) is 29.6 Å². The van der Waals surface area contributed by atoms with E-state index in [4.69, 9.17) is 16.3 Å². The molecule has 2 N–H and O–H groups in total. The Bertz CT molecular complexity index is 524. The molecular formula is C14H14FNO4. The minimum atomic E-state index is -1.20. The SMILES string of the molecule is C#CCC(NC(=O)CCOc1ccccc1F)C(=O)O. The number of amides is 1. The van der Waals surface area contributed by atoms with E-state index in [1.54, 1.807) is 6.07 Å². The van der Waals surface area contributed by atoms with Gasteiger partial charge in [-0.05, 0) is 12.1 Å². The number of hydrogen-bond acceptors (Lipinski definition) is 3. The predicted molar refractivity (Wildman–Crippen MR) is 69.5 cm³/mol. The van der Waals surface area contributed by atoms with Crippen molar-refractivity contribution in [2.45, 2.75) is 18.9 Å². The second kappa shape index (κ2) is 7.79. The lowest BCUT2D eigenvalue weighted by Crippen LogP contribution is -2.40. The van der Waals surface area contributed by atoms with E-state index in [1.807, 2.05) is 0 Å². The molecule has 0 spiro atoms. The van der Waals surface area contributed by atoms with Crippen LogP contribution in [0.1, 0.15) is 12.8 Å². The van der Waals surface area contributed by atoms with Crippen molar-refractivity contribution in [1.82, 2.24) is 5.32 Å². The van der Waals surface area contributed by atoms with E-state index < -0.39 is 23.7 Å². The van der Waals surface area contributed by atoms with Gasteiger partial charge in [-0.15, -0.1) is 12.3 Å². The third-order valence-corrected chi connectivity index (χ3v) is 2.38. The van der Waals surface area contributed by atoms with E-state index in [0.29, 0.717) is 0 Å². The van der Waals surface area contributed by atoms with Gasteiger partial charge in [0.15, 0.2) is 11.6 Å². The van der Waals surface area contributed by atoms with Crippen LogP contribution < -0.4 is 10.1 Å². The number of para-hydroxylation sites is 1. The Morgan fingerprint density at radius 2 is 2.15 bits per heavy atom. The lowest BCUT2D eigenvalue weighted by Gasteiger charge is -2.12. The quantitative estimate of drug-likeness (QED) is 0.735. The van der Waals surface area contributed by atoms with Crippen LogP contribution in [0.4, 0.5) is 4.39 Å². The van der Waals surface area contributed by atoms with E-state index in [2.05, 4.69) is 11.2 Å². The Morgan fingerprint density at radius 3 is 2.75 bits per heavy atom. The number of halogens is 1. The number of carboxylic acids is 1. The molecule has 6 heteroatoms. The molecule has 0 aliphatic carbocycles. The third kappa shape index (κ3) is 4.98. The van der Waals surface area contributed by atoms with Gasteiger partial charge in [-0.25, -0.2) is 9.18 Å². The van der Waals surface area contributed by atoms with Crippen molar-refractivity contribution in [3.05, 3.63) is 30.1 Å². The van der Waals surface area contributed by atoms with Gasteiger partial charge in [0.2, 0.25) is 5.91 Å². The van der Waals surface area contributed by atoms with E-state index >= 15 is 0 Å². The van der Waals surface area contributed by atoms with Gasteiger partial charge in [-0.2, -0.15) is 0 Å². The highest BCUT2D eigenvalue weighted by Gasteiger charge is 2.18. The van der Waals surface area contributed by atoms with Crippen molar-refractivity contribution < 1.29 is 23.8 Å². The van der Waals surface area contributed by atoms with Gasteiger partial charge in [0, 0.05) is 6.42 Å². The lowest BCUT2D eigenvalue weighted by molar-refractivity contribution is -0.141. The number of aliphatic carboxylic acids is 1. The molecule has 1 atom stereocenters. The molecule has 1 aromatic carbocycles. The van der Waals surface area contributed by atoms with Crippen molar-refractivity contribution >= 4 is 11.9 Å². The first kappa shape index (κ1) is 15.5. The molecular weight excluding hydrogens is 265 g/mol. The number of hydrogen-bond donors (Lipinski definition) is 2. The zero-order valence-electron chi connectivity index (χ0n) is 10.6. The fourth-order valence-corrected chi connectivity index (χ4v) is 1.40. The smallest absolute Gasteiger partial charge is 0.327 e. The number of carbonyl (C=O) groups excluding carboxylic acids is 1. The van der Waals surface area contributed by atoms with Crippen molar-refractivity contribution in [1.29, 1.82) is 0 Å². The van der Waals surface area contributed by atoms with Crippen LogP contribution >= 0.6 is 0 Å². The van der Waals surface area contributed by atoms with Gasteiger partial charge in [0.25, 0.3) is 0 Å². The molecule has 0 saturated heterocycles. The number of terminal acetylenes is 1. The van der Waals surface area contributed by atoms with E-state index in [1.165, 1.54) is 18.2 Å². The Morgan fingerprint density at radius 1 is 1.45 bits per heavy atom. The number of carboxylic acid groups (broad SMARTS) is 1. The molecule has 1 aromatic rings. The minimum absolute atomic E-state index is 0.0405. The monoisotopic (exact) mass is 279 g/mol. The van der Waals surface area contributed by atoms with Crippen molar-refractivity contribution in [3.8, 4) is 18.1 Å². The summed E-state index contributed by atoms with van der Waals surface area (Å²) in [5.41, 5.74) is 0. The first-order valence-electron chi connectivity index (χ1n) is 5.87. The number of ether oxygens (including phenoxy) is 1. The van der Waals surface area contributed by atoms with Gasteiger partial charge >= 0.3 is 5.97 Å². The maximum atomic E-state index is 13.2. The summed E-state index contributed by atoms with van der Waals surface area (Å²) < 4.78 is 18.3. The largest absolute Gasteiger partial charge is 0.490 e. The summed E-state index contributed by atoms with van der Waals surface area (Å²) in [6.45, 7) is -0.0604. The highest BCUT2D eigenvalue weighted by molar-refractivity contribution is 5.83. The van der Waals surface area contributed by atoms with Crippen LogP contribution in [-0.2, 0) is 9.59 Å². The van der Waals surface area contributed by atoms with Crippen LogP contribution in [0.3, 0.4) is 0 Å². The highest BCUT2D eigenvalue weighted by atomic mass is 19.1. The van der Waals surface area contributed by atoms with Crippen LogP contribution in [0.5, 0.6) is 5.75 Å². The first-order valence-corrected chi connectivity index (χ1v) is 5.87. The van der Waals surface area contributed by atoms with Crippen LogP contribution in [0.15, 0.2) is 24.3 Å². The summed E-state index contributed by atoms with van der Waals surface area (Å²) in [4.78, 5) is 22.3. The summed E-state index contributed by atoms with van der Waals surface area (Å²) in [5.74, 6) is -0.0430. The molecule has 1 amide bonds. The van der Waals surface area contributed by atoms with Crippen molar-refractivity contribution in [2.75, 3.05) is 6.61 Å². The number of carbonyl (C=O) groups is 2. The van der Waals surface area contributed by atoms with Gasteiger partial charge in [0.1, 0.15) is 6.04 Å². The van der Waals surface area contributed by atoms with Gasteiger partial charge in [-0.3, -0.25) is 4.79 Å². The van der Waals surface area contributed by atoms with Gasteiger partial charge in [-0.1, -0.05) is 12.1 Å². The summed E-state index contributed by atoms with van der Waals surface area (Å²) in [6, 6.07) is 4.67. The fraction of sp³-hybridized carbons (Fsp3) is 0.286. The molecule has 0 saturated carbocycles. The normalized spacial score (nSPS) is 11.2. The number of benzene rings is 1. The Kier molecular flexibility index (Phi) is 6.04. The van der Waals surface area contributed by atoms with Gasteiger partial charge < -0.3 is 15.2 Å². The molecule has 0 aliphatic rings. The average Bonchev–Trinajstić information content (AvgIpc) is 2.40. The Hall–Kier alpha value is -2.55. The van der Waals surface area contributed by atoms with E-state index in [-0.39, 0.29) is 25.2 Å². The molecule has 0 aliphatic heterocycles. The van der Waals surface area contributed by atoms with Gasteiger partial charge in [0.05, 0.1) is 13.0 Å². The molecule has 0 bridgehead atoms. The molecule has 0 aromatic heterocycles. The highest BCUT2D eigenvalue weighted by Crippen LogP contribution is 2.15. The lowest BCUT2D eigenvalue weighted by atomic mass is 10.2. The second-order valence-corrected chi connectivity index (χ2v) is 3.90. The van der Waals surface area contributed by atoms with E-state index in [0.717, 1.165) is 0 Å². The first-order chi connectivity index (χ1) is 9.54. The molecule has 1 rings (SSSR count). The third-order valence-electron chi connectivity index (χ3n) is 2.38. The molecule has 0 fully saturated rings. The minimum Gasteiger partial charge on any atom is -0.490 e. The standard InChI is InChI=1S/C14H14FNO4/c1-2-5-11(14(18)19)16-13(17)8-9-20-12-7-4-3-6-10(12)15/h1,3-4,6-7,11H,5,8-9H2,(H,16,17)(H,18,19). The Labute approximate surface area is 115 Å². The second-order valence-electron chi connectivity index (χ2n) is 3.90. The maximum Gasteiger partial charge on any atom is 0.327 e. The van der Waals surface area contributed by atoms with E-state index in [9.17, 15) is 14.0 Å². The summed E-state index contributed by atoms with van der Waals surface area (Å²) in [6.07, 6.45) is 4.81. The fourth-order valence-electron chi connectivity index (χ4n) is 1.40.